The van der Waals surface area contributed by atoms with E-state index >= 15 is 0 Å². The molecule has 2 aromatic rings. The number of imidazole rings is 1. The number of nitrogens with one attached hydrogen (secondary N) is 5. The van der Waals surface area contributed by atoms with E-state index in [-0.39, 0.29) is 30.5 Å². The zero-order valence-electron chi connectivity index (χ0n) is 23.4. The van der Waals surface area contributed by atoms with Gasteiger partial charge in [-0.05, 0) is 6.08 Å². The first kappa shape index (κ1) is 36.1. The SMILES string of the molecule is O=C(/C=C/c1cn(C2=CC(O)(CCOP(=O)(O)OP(=O)(O)OP(=O)(O)O)CO2)c(=O)[nH]c1=O)NCCN=C1Nc2nc[nH]c2C(O)N1. The summed E-state index contributed by atoms with van der Waals surface area (Å²) < 4.78 is 51.7. The van der Waals surface area contributed by atoms with Crippen molar-refractivity contribution in [3.63, 3.8) is 0 Å². The number of carbonyl (C=O) groups excluding carboxylic acids is 1. The van der Waals surface area contributed by atoms with Crippen molar-refractivity contribution in [3.8, 4) is 0 Å². The van der Waals surface area contributed by atoms with Gasteiger partial charge in [-0.25, -0.2) is 28.0 Å². The number of ether oxygens (including phenoxy) is 1. The van der Waals surface area contributed by atoms with Gasteiger partial charge in [-0.1, -0.05) is 0 Å². The van der Waals surface area contributed by atoms with E-state index in [2.05, 4.69) is 44.1 Å². The number of fused-ring (bicyclic) bond motifs is 1. The lowest BCUT2D eigenvalue weighted by atomic mass is 10.0. The molecule has 4 unspecified atom stereocenters. The van der Waals surface area contributed by atoms with Crippen molar-refractivity contribution in [2.75, 3.05) is 31.6 Å². The number of aliphatic hydroxyl groups excluding tert-OH is 1. The number of rotatable bonds is 14. The van der Waals surface area contributed by atoms with Crippen LogP contribution >= 0.6 is 23.5 Å². The number of aromatic amines is 2. The maximum Gasteiger partial charge on any atom is 0.490 e. The third-order valence-electron chi connectivity index (χ3n) is 5.82. The van der Waals surface area contributed by atoms with Crippen LogP contribution in [0.3, 0.4) is 0 Å². The third kappa shape index (κ3) is 10.4. The van der Waals surface area contributed by atoms with Gasteiger partial charge in [-0.3, -0.25) is 24.1 Å². The number of phosphoric ester groups is 1. The fraction of sp³-hybridized carbons (Fsp3) is 0.350. The lowest BCUT2D eigenvalue weighted by Gasteiger charge is -2.22. The number of amides is 1. The molecule has 2 aromatic heterocycles. The molecule has 2 aliphatic rings. The molecule has 1 amide bonds. The molecular weight excluding hydrogens is 701 g/mol. The molecule has 0 bridgehead atoms. The molecule has 0 aliphatic carbocycles. The van der Waals surface area contributed by atoms with Gasteiger partial charge in [0.25, 0.3) is 5.56 Å². The maximum atomic E-state index is 12.4. The number of phosphoric acid groups is 3. The molecule has 4 atom stereocenters. The molecule has 258 valence electrons. The Labute approximate surface area is 261 Å². The van der Waals surface area contributed by atoms with E-state index in [1.165, 1.54) is 6.33 Å². The third-order valence-corrected chi connectivity index (χ3v) is 9.66. The van der Waals surface area contributed by atoms with Crippen molar-refractivity contribution in [1.82, 2.24) is 30.2 Å². The Hall–Kier alpha value is -3.76. The summed E-state index contributed by atoms with van der Waals surface area (Å²) in [5, 5.41) is 28.8. The molecule has 11 N–H and O–H groups in total. The Bertz CT molecular complexity index is 1860. The predicted molar refractivity (Wildman–Crippen MR) is 156 cm³/mol. The highest BCUT2D eigenvalue weighted by molar-refractivity contribution is 7.66. The summed E-state index contributed by atoms with van der Waals surface area (Å²) in [5.41, 5.74) is -3.54. The van der Waals surface area contributed by atoms with Crippen molar-refractivity contribution < 1.29 is 66.2 Å². The first-order valence-electron chi connectivity index (χ1n) is 12.8. The first-order valence-corrected chi connectivity index (χ1v) is 17.3. The van der Waals surface area contributed by atoms with E-state index in [0.717, 1.165) is 29.0 Å². The van der Waals surface area contributed by atoms with Gasteiger partial charge >= 0.3 is 29.2 Å². The average molecular weight is 728 g/mol. The highest BCUT2D eigenvalue weighted by atomic mass is 31.3. The smallest absolute Gasteiger partial charge is 0.475 e. The van der Waals surface area contributed by atoms with E-state index in [4.69, 9.17) is 14.5 Å². The van der Waals surface area contributed by atoms with Gasteiger partial charge in [0.15, 0.2) is 18.0 Å². The van der Waals surface area contributed by atoms with Crippen LogP contribution in [0.1, 0.15) is 23.9 Å². The number of aliphatic hydroxyl groups is 2. The largest absolute Gasteiger partial charge is 0.490 e. The number of hydrogen-bond donors (Lipinski definition) is 11. The molecule has 0 spiro atoms. The minimum Gasteiger partial charge on any atom is -0.475 e. The van der Waals surface area contributed by atoms with Crippen molar-refractivity contribution >= 4 is 53.1 Å². The zero-order chi connectivity index (χ0) is 34.6. The molecule has 0 radical (unpaired) electrons. The van der Waals surface area contributed by atoms with Gasteiger partial charge in [0, 0.05) is 31.3 Å². The summed E-state index contributed by atoms with van der Waals surface area (Å²) in [7, 11) is -16.8. The lowest BCUT2D eigenvalue weighted by molar-refractivity contribution is -0.116. The van der Waals surface area contributed by atoms with E-state index in [1.807, 2.05) is 4.98 Å². The number of H-pyrrole nitrogens is 2. The average Bonchev–Trinajstić information content (AvgIpc) is 3.55. The quantitative estimate of drug-likeness (QED) is 0.0555. The highest BCUT2D eigenvalue weighted by Crippen LogP contribution is 2.66. The van der Waals surface area contributed by atoms with Crippen molar-refractivity contribution in [3.05, 3.63) is 56.8 Å². The van der Waals surface area contributed by atoms with Crippen LogP contribution in [-0.4, -0.2) is 93.1 Å². The van der Waals surface area contributed by atoms with Gasteiger partial charge in [-0.15, -0.1) is 0 Å². The Morgan fingerprint density at radius 1 is 1.21 bits per heavy atom. The molecule has 27 heteroatoms. The van der Waals surface area contributed by atoms with Crippen molar-refractivity contribution in [2.24, 2.45) is 4.99 Å². The van der Waals surface area contributed by atoms with E-state index in [0.29, 0.717) is 11.5 Å². The highest BCUT2D eigenvalue weighted by Gasteiger charge is 2.41. The van der Waals surface area contributed by atoms with Crippen LogP contribution in [0.15, 0.2) is 39.3 Å². The number of carbonyl (C=O) groups is 1. The number of guanidine groups is 1. The molecule has 0 fully saturated rings. The van der Waals surface area contributed by atoms with Crippen LogP contribution < -0.4 is 27.2 Å². The van der Waals surface area contributed by atoms with Gasteiger partial charge < -0.3 is 55.5 Å². The molecule has 0 aromatic carbocycles. The van der Waals surface area contributed by atoms with Gasteiger partial charge in [0.1, 0.15) is 17.9 Å². The van der Waals surface area contributed by atoms with Gasteiger partial charge in [0.05, 0.1) is 25.0 Å². The van der Waals surface area contributed by atoms with Crippen molar-refractivity contribution in [2.45, 2.75) is 18.2 Å². The molecule has 4 rings (SSSR count). The fourth-order valence-corrected chi connectivity index (χ4v) is 6.84. The zero-order valence-corrected chi connectivity index (χ0v) is 26.1. The van der Waals surface area contributed by atoms with Crippen LogP contribution in [0.5, 0.6) is 0 Å². The maximum absolute atomic E-state index is 12.4. The normalized spacial score (nSPS) is 22.8. The molecule has 0 saturated heterocycles. The second-order valence-corrected chi connectivity index (χ2v) is 13.9. The minimum atomic E-state index is -5.73. The Morgan fingerprint density at radius 3 is 2.68 bits per heavy atom. The second kappa shape index (κ2) is 14.2. The van der Waals surface area contributed by atoms with Crippen LogP contribution in [0.25, 0.3) is 12.0 Å². The molecule has 47 heavy (non-hydrogen) atoms. The molecule has 24 nitrogen and oxygen atoms in total. The Morgan fingerprint density at radius 2 is 1.96 bits per heavy atom. The van der Waals surface area contributed by atoms with Crippen LogP contribution in [0.2, 0.25) is 0 Å². The number of hydrogen-bond acceptors (Lipinski definition) is 14. The van der Waals surface area contributed by atoms with E-state index in [9.17, 15) is 48.1 Å². The Balaban J connectivity index is 1.32. The van der Waals surface area contributed by atoms with Crippen LogP contribution in [0, 0.1) is 0 Å². The predicted octanol–water partition coefficient (Wildman–Crippen LogP) is -2.26. The molecule has 2 aliphatic heterocycles. The van der Waals surface area contributed by atoms with Gasteiger partial charge in [0.2, 0.25) is 11.8 Å². The number of aliphatic imine (C=N–C) groups is 1. The molecule has 4 heterocycles. The Kier molecular flexibility index (Phi) is 10.9. The minimum absolute atomic E-state index is 0.0662. The second-order valence-electron chi connectivity index (χ2n) is 9.45. The van der Waals surface area contributed by atoms with Crippen LogP contribution in [0.4, 0.5) is 5.82 Å². The molecule has 0 saturated carbocycles. The standard InChI is InChI=1S/C20H27N8O16P3/c29-12(21-4-5-22-18-25-15-14(17(31)26-18)23-10-24-15)2-1-11-8-28(19(32)27-16(11)30)13-7-20(33,9-41-13)3-6-42-46(37,38)44-47(39,40)43-45(34,35)36/h1-2,7-8,10,17,31,33H,3-6,9H2,(H,21,29)(H,23,24)(H,37,38)(H,39,40)(H2,22,25,26)(H,27,30,32)(H2,34,35,36)/b2-1+. The number of nitrogens with zero attached hydrogens (tertiary/aromatic N) is 3. The number of anilines is 1. The summed E-state index contributed by atoms with van der Waals surface area (Å²) in [5.74, 6) is -0.293. The monoisotopic (exact) mass is 728 g/mol. The summed E-state index contributed by atoms with van der Waals surface area (Å²) in [4.78, 5) is 85.7. The summed E-state index contributed by atoms with van der Waals surface area (Å²) >= 11 is 0. The van der Waals surface area contributed by atoms with E-state index < -0.39 is 72.1 Å². The van der Waals surface area contributed by atoms with Crippen LogP contribution in [-0.2, 0) is 36.4 Å². The lowest BCUT2D eigenvalue weighted by Crippen LogP contribution is -2.39. The van der Waals surface area contributed by atoms with Crippen molar-refractivity contribution in [1.29, 1.82) is 0 Å². The summed E-state index contributed by atoms with van der Waals surface area (Å²) in [6.07, 6.45) is 3.92. The fourth-order valence-electron chi connectivity index (χ4n) is 3.82. The summed E-state index contributed by atoms with van der Waals surface area (Å²) in [6, 6.07) is 0. The first-order chi connectivity index (χ1) is 21.8. The number of aromatic nitrogens is 4. The topological polar surface area (TPSA) is 359 Å². The van der Waals surface area contributed by atoms with E-state index in [1.54, 1.807) is 0 Å². The summed E-state index contributed by atoms with van der Waals surface area (Å²) in [6.45, 7) is -1.21. The van der Waals surface area contributed by atoms with Gasteiger partial charge in [-0.2, -0.15) is 8.62 Å². The molecular formula is C20H27N8O16P3.